The number of aliphatic hydroxyl groups excluding tert-OH is 1. The Labute approximate surface area is 190 Å². The van der Waals surface area contributed by atoms with Crippen LogP contribution in [0.5, 0.6) is 0 Å². The van der Waals surface area contributed by atoms with Crippen molar-refractivity contribution in [2.45, 2.75) is 20.0 Å². The maximum Gasteiger partial charge on any atom is 0.255 e. The molecule has 0 radical (unpaired) electrons. The first-order valence-corrected chi connectivity index (χ1v) is 10.1. The van der Waals surface area contributed by atoms with Crippen LogP contribution < -0.4 is 16.4 Å². The number of benzene rings is 1. The minimum absolute atomic E-state index is 0.0879. The Morgan fingerprint density at radius 1 is 1.31 bits per heavy atom. The zero-order chi connectivity index (χ0) is 23.4. The first kappa shape index (κ1) is 23.2. The fourth-order valence-electron chi connectivity index (χ4n) is 3.11. The highest BCUT2D eigenvalue weighted by molar-refractivity contribution is 6.30. The minimum atomic E-state index is -0.697. The van der Waals surface area contributed by atoms with E-state index in [0.29, 0.717) is 27.5 Å². The summed E-state index contributed by atoms with van der Waals surface area (Å²) in [5, 5.41) is 15.6. The molecule has 7 nitrogen and oxygen atoms in total. The molecule has 2 aromatic heterocycles. The van der Waals surface area contributed by atoms with Crippen LogP contribution in [0.2, 0.25) is 5.02 Å². The number of hydrogen-bond donors (Lipinski definition) is 4. The van der Waals surface area contributed by atoms with E-state index in [2.05, 4.69) is 27.2 Å². The smallest absolute Gasteiger partial charge is 0.255 e. The zero-order valence-corrected chi connectivity index (χ0v) is 18.4. The number of carbonyl (C=O) groups is 1. The predicted molar refractivity (Wildman–Crippen MR) is 125 cm³/mol. The first-order valence-electron chi connectivity index (χ1n) is 9.76. The summed E-state index contributed by atoms with van der Waals surface area (Å²) in [5.41, 5.74) is 8.98. The van der Waals surface area contributed by atoms with Crippen molar-refractivity contribution >= 4 is 40.3 Å². The molecule has 0 unspecified atom stereocenters. The molecule has 2 heterocycles. The largest absolute Gasteiger partial charge is 0.392 e. The summed E-state index contributed by atoms with van der Waals surface area (Å²) in [6.45, 7) is 7.37. The summed E-state index contributed by atoms with van der Waals surface area (Å²) < 4.78 is 14.5. The van der Waals surface area contributed by atoms with Crippen molar-refractivity contribution < 1.29 is 14.3 Å². The number of nitrogens with two attached hydrogens (primary N) is 1. The van der Waals surface area contributed by atoms with Gasteiger partial charge in [0.2, 0.25) is 0 Å². The van der Waals surface area contributed by atoms with Crippen molar-refractivity contribution in [3.05, 3.63) is 71.3 Å². The van der Waals surface area contributed by atoms with E-state index in [4.69, 9.17) is 17.3 Å². The molecule has 1 atom stereocenters. The number of aliphatic hydroxyl groups is 1. The lowest BCUT2D eigenvalue weighted by Gasteiger charge is -2.18. The molecular weight excluding hydrogens is 433 g/mol. The number of anilines is 3. The quantitative estimate of drug-likeness (QED) is 0.420. The Bertz CT molecular complexity index is 1180. The van der Waals surface area contributed by atoms with Crippen LogP contribution in [-0.4, -0.2) is 33.6 Å². The molecule has 0 fully saturated rings. The van der Waals surface area contributed by atoms with E-state index in [1.54, 1.807) is 26.0 Å². The molecule has 3 rings (SSSR count). The third-order valence-electron chi connectivity index (χ3n) is 4.57. The molecule has 0 spiro atoms. The maximum absolute atomic E-state index is 14.5. The Morgan fingerprint density at radius 3 is 2.75 bits per heavy atom. The number of rotatable bonds is 7. The summed E-state index contributed by atoms with van der Waals surface area (Å²) >= 11 is 6.04. The number of nitrogens with one attached hydrogen (secondary N) is 2. The molecule has 166 valence electrons. The number of halogens is 2. The molecule has 3 aromatic rings. The molecule has 5 N–H and O–H groups in total. The average Bonchev–Trinajstić information content (AvgIpc) is 2.73. The Morgan fingerprint density at radius 2 is 2.06 bits per heavy atom. The number of amides is 1. The lowest BCUT2D eigenvalue weighted by Crippen LogP contribution is -2.31. The molecule has 0 saturated heterocycles. The Hall–Kier alpha value is -3.49. The van der Waals surface area contributed by atoms with Crippen molar-refractivity contribution in [3.8, 4) is 11.3 Å². The van der Waals surface area contributed by atoms with Crippen LogP contribution in [0.15, 0.2) is 49.3 Å². The van der Waals surface area contributed by atoms with Crippen LogP contribution in [0.4, 0.5) is 21.6 Å². The average molecular weight is 456 g/mol. The molecule has 32 heavy (non-hydrogen) atoms. The van der Waals surface area contributed by atoms with Gasteiger partial charge in [0.1, 0.15) is 11.6 Å². The summed E-state index contributed by atoms with van der Waals surface area (Å²) in [7, 11) is 0. The van der Waals surface area contributed by atoms with Crippen LogP contribution in [-0.2, 0) is 0 Å². The van der Waals surface area contributed by atoms with E-state index in [0.717, 1.165) is 0 Å². The molecule has 0 aliphatic rings. The highest BCUT2D eigenvalue weighted by Crippen LogP contribution is 2.35. The predicted octanol–water partition coefficient (Wildman–Crippen LogP) is 4.41. The minimum Gasteiger partial charge on any atom is -0.392 e. The van der Waals surface area contributed by atoms with Crippen molar-refractivity contribution in [1.29, 1.82) is 0 Å². The fraction of sp³-hybridized carbons (Fsp3) is 0.174. The number of aromatic nitrogens is 2. The van der Waals surface area contributed by atoms with Gasteiger partial charge in [0.25, 0.3) is 5.91 Å². The molecule has 0 saturated carbocycles. The van der Waals surface area contributed by atoms with Crippen LogP contribution in [0, 0.1) is 5.82 Å². The molecule has 0 bridgehead atoms. The lowest BCUT2D eigenvalue weighted by atomic mass is 10.0. The topological polar surface area (TPSA) is 113 Å². The zero-order valence-electron chi connectivity index (χ0n) is 17.6. The van der Waals surface area contributed by atoms with Gasteiger partial charge >= 0.3 is 0 Å². The van der Waals surface area contributed by atoms with E-state index in [1.807, 2.05) is 0 Å². The standard InChI is InChI=1S/C23H23ClFN5O2/c1-12(2)21-20(9-19(30-22(21)26)15-8-14(24)4-5-17(15)25)29-18-6-7-27-11-16(18)23(32)28-10-13(3)31/h4-9,11,13,31H,1,10H2,2-3H3,(H,28,32)(H3,26,27,29,30)/t13-/m0/s1. The number of pyridine rings is 2. The monoisotopic (exact) mass is 455 g/mol. The van der Waals surface area contributed by atoms with E-state index in [1.165, 1.54) is 30.6 Å². The normalized spacial score (nSPS) is 11.7. The highest BCUT2D eigenvalue weighted by atomic mass is 35.5. The SMILES string of the molecule is C=C(C)c1c(Nc2ccncc2C(=O)NC[C@H](C)O)cc(-c2cc(Cl)ccc2F)nc1N. The summed E-state index contributed by atoms with van der Waals surface area (Å²) in [6.07, 6.45) is 2.23. The molecule has 1 aromatic carbocycles. The van der Waals surface area contributed by atoms with Crippen LogP contribution in [0.25, 0.3) is 16.8 Å². The van der Waals surface area contributed by atoms with Crippen LogP contribution >= 0.6 is 11.6 Å². The second-order valence-corrected chi connectivity index (χ2v) is 7.76. The van der Waals surface area contributed by atoms with Gasteiger partial charge < -0.3 is 21.5 Å². The van der Waals surface area contributed by atoms with Gasteiger partial charge in [0.15, 0.2) is 0 Å². The van der Waals surface area contributed by atoms with Crippen molar-refractivity contribution in [2.75, 3.05) is 17.6 Å². The van der Waals surface area contributed by atoms with Crippen LogP contribution in [0.1, 0.15) is 29.8 Å². The Balaban J connectivity index is 2.08. The van der Waals surface area contributed by atoms with E-state index in [-0.39, 0.29) is 29.2 Å². The van der Waals surface area contributed by atoms with E-state index < -0.39 is 17.8 Å². The fourth-order valence-corrected chi connectivity index (χ4v) is 3.28. The number of nitrogen functional groups attached to an aromatic ring is 1. The molecular formula is C23H23ClFN5O2. The summed E-state index contributed by atoms with van der Waals surface area (Å²) in [6, 6.07) is 7.40. The van der Waals surface area contributed by atoms with Gasteiger partial charge in [-0.05, 0) is 49.8 Å². The van der Waals surface area contributed by atoms with Gasteiger partial charge in [-0.3, -0.25) is 9.78 Å². The van der Waals surface area contributed by atoms with Gasteiger partial charge in [-0.2, -0.15) is 0 Å². The molecule has 0 aliphatic heterocycles. The molecule has 0 aliphatic carbocycles. The van der Waals surface area contributed by atoms with Crippen molar-refractivity contribution in [3.63, 3.8) is 0 Å². The number of hydrogen-bond acceptors (Lipinski definition) is 6. The maximum atomic E-state index is 14.5. The number of nitrogens with zero attached hydrogens (tertiary/aromatic N) is 2. The third-order valence-corrected chi connectivity index (χ3v) is 4.81. The van der Waals surface area contributed by atoms with Gasteiger partial charge in [-0.1, -0.05) is 18.2 Å². The van der Waals surface area contributed by atoms with Gasteiger partial charge in [0.05, 0.1) is 28.7 Å². The van der Waals surface area contributed by atoms with Crippen LogP contribution in [0.3, 0.4) is 0 Å². The third kappa shape index (κ3) is 5.22. The van der Waals surface area contributed by atoms with E-state index >= 15 is 0 Å². The van der Waals surface area contributed by atoms with E-state index in [9.17, 15) is 14.3 Å². The van der Waals surface area contributed by atoms with Crippen molar-refractivity contribution in [1.82, 2.24) is 15.3 Å². The second kappa shape index (κ2) is 9.76. The van der Waals surface area contributed by atoms with Gasteiger partial charge in [0, 0.05) is 35.1 Å². The Kier molecular flexibility index (Phi) is 7.07. The molecule has 1 amide bonds. The van der Waals surface area contributed by atoms with Crippen molar-refractivity contribution in [2.24, 2.45) is 0 Å². The summed E-state index contributed by atoms with van der Waals surface area (Å²) in [4.78, 5) is 20.9. The summed E-state index contributed by atoms with van der Waals surface area (Å²) in [5.74, 6) is -0.773. The van der Waals surface area contributed by atoms with Gasteiger partial charge in [-0.15, -0.1) is 0 Å². The lowest BCUT2D eigenvalue weighted by molar-refractivity contribution is 0.0924. The number of carbonyl (C=O) groups excluding carboxylic acids is 1. The first-order chi connectivity index (χ1) is 15.2. The highest BCUT2D eigenvalue weighted by Gasteiger charge is 2.18. The second-order valence-electron chi connectivity index (χ2n) is 7.33. The van der Waals surface area contributed by atoms with Gasteiger partial charge in [-0.25, -0.2) is 9.37 Å². The number of allylic oxidation sites excluding steroid dienone is 1. The molecule has 9 heteroatoms.